The molecule has 0 bridgehead atoms. The smallest absolute Gasteiger partial charge is 0.288 e. The number of hydrogen-bond donors (Lipinski definition) is 1. The molecule has 2 aromatic carbocycles. The number of sulfone groups is 1. The number of hydrogen-bond acceptors (Lipinski definition) is 6. The summed E-state index contributed by atoms with van der Waals surface area (Å²) in [6.07, 6.45) is 0.944. The molecule has 0 atom stereocenters. The predicted octanol–water partition coefficient (Wildman–Crippen LogP) is 3.38. The molecule has 9 heteroatoms. The Bertz CT molecular complexity index is 883. The summed E-state index contributed by atoms with van der Waals surface area (Å²) in [5.74, 6) is 0.702. The van der Waals surface area contributed by atoms with Crippen LogP contribution in [0.25, 0.3) is 0 Å². The first-order chi connectivity index (χ1) is 11.2. The molecule has 24 heavy (non-hydrogen) atoms. The van der Waals surface area contributed by atoms with Crippen molar-refractivity contribution in [2.75, 3.05) is 18.7 Å². The lowest BCUT2D eigenvalue weighted by molar-refractivity contribution is -0.387. The summed E-state index contributed by atoms with van der Waals surface area (Å²) in [6, 6.07) is 9.47. The molecule has 0 saturated carbocycles. The van der Waals surface area contributed by atoms with E-state index >= 15 is 0 Å². The molecule has 0 aliphatic carbocycles. The van der Waals surface area contributed by atoms with Gasteiger partial charge in [-0.2, -0.15) is 0 Å². The average Bonchev–Trinajstić information content (AvgIpc) is 2.51. The molecule has 0 aliphatic heterocycles. The van der Waals surface area contributed by atoms with Crippen LogP contribution in [-0.4, -0.2) is 26.7 Å². The zero-order valence-corrected chi connectivity index (χ0v) is 15.3. The van der Waals surface area contributed by atoms with Gasteiger partial charge in [-0.25, -0.2) is 8.42 Å². The van der Waals surface area contributed by atoms with Crippen molar-refractivity contribution in [1.29, 1.82) is 0 Å². The highest BCUT2D eigenvalue weighted by molar-refractivity contribution is 9.10. The Kier molecular flexibility index (Phi) is 5.45. The minimum atomic E-state index is -3.71. The molecular formula is C15H15BrN2O5S. The highest BCUT2D eigenvalue weighted by Crippen LogP contribution is 2.28. The summed E-state index contributed by atoms with van der Waals surface area (Å²) in [7, 11) is -2.13. The lowest BCUT2D eigenvalue weighted by Crippen LogP contribution is -2.05. The van der Waals surface area contributed by atoms with Crippen LogP contribution in [0.5, 0.6) is 5.75 Å². The summed E-state index contributed by atoms with van der Waals surface area (Å²) in [5, 5.41) is 14.0. The van der Waals surface area contributed by atoms with Crippen LogP contribution in [0.1, 0.15) is 5.56 Å². The van der Waals surface area contributed by atoms with E-state index in [9.17, 15) is 18.5 Å². The minimum Gasteiger partial charge on any atom is -0.496 e. The van der Waals surface area contributed by atoms with Crippen LogP contribution in [0.4, 0.5) is 11.4 Å². The average molecular weight is 415 g/mol. The fourth-order valence-electron chi connectivity index (χ4n) is 2.10. The number of benzene rings is 2. The maximum absolute atomic E-state index is 11.7. The van der Waals surface area contributed by atoms with Crippen LogP contribution in [0.3, 0.4) is 0 Å². The molecule has 2 aromatic rings. The standard InChI is InChI=1S/C15H15BrN2O5S/c1-23-14-6-3-10(7-12(14)16)9-17-11-4-5-13(18(19)20)15(8-11)24(2,21)22/h3-8,17H,9H2,1-2H3. The zero-order chi connectivity index (χ0) is 17.9. The number of ether oxygens (including phenoxy) is 1. The summed E-state index contributed by atoms with van der Waals surface area (Å²) in [6.45, 7) is 0.420. The van der Waals surface area contributed by atoms with Crippen molar-refractivity contribution >= 4 is 37.1 Å². The monoisotopic (exact) mass is 414 g/mol. The molecule has 0 saturated heterocycles. The van der Waals surface area contributed by atoms with Gasteiger partial charge in [0.25, 0.3) is 5.69 Å². The second kappa shape index (κ2) is 7.18. The van der Waals surface area contributed by atoms with Gasteiger partial charge in [0.15, 0.2) is 9.84 Å². The van der Waals surface area contributed by atoms with Crippen LogP contribution in [0.2, 0.25) is 0 Å². The maximum atomic E-state index is 11.7. The van der Waals surface area contributed by atoms with Crippen LogP contribution in [0.15, 0.2) is 45.8 Å². The number of halogens is 1. The molecule has 7 nitrogen and oxygen atoms in total. The van der Waals surface area contributed by atoms with Crippen molar-refractivity contribution in [2.24, 2.45) is 0 Å². The van der Waals surface area contributed by atoms with Gasteiger partial charge in [0.1, 0.15) is 10.6 Å². The first-order valence-electron chi connectivity index (χ1n) is 6.77. The SMILES string of the molecule is COc1ccc(CNc2ccc([N+](=O)[O-])c(S(C)(=O)=O)c2)cc1Br. The highest BCUT2D eigenvalue weighted by atomic mass is 79.9. The van der Waals surface area contributed by atoms with E-state index in [4.69, 9.17) is 4.74 Å². The van der Waals surface area contributed by atoms with Gasteiger partial charge < -0.3 is 10.1 Å². The van der Waals surface area contributed by atoms with Gasteiger partial charge in [-0.15, -0.1) is 0 Å². The van der Waals surface area contributed by atoms with E-state index in [2.05, 4.69) is 21.2 Å². The molecule has 0 aliphatic rings. The van der Waals surface area contributed by atoms with Crippen LogP contribution in [-0.2, 0) is 16.4 Å². The summed E-state index contributed by atoms with van der Waals surface area (Å²) >= 11 is 3.39. The third-order valence-electron chi connectivity index (χ3n) is 3.27. The van der Waals surface area contributed by atoms with Gasteiger partial charge in [-0.1, -0.05) is 6.07 Å². The number of methoxy groups -OCH3 is 1. The molecule has 0 spiro atoms. The van der Waals surface area contributed by atoms with Gasteiger partial charge in [0.2, 0.25) is 0 Å². The van der Waals surface area contributed by atoms with Crippen molar-refractivity contribution in [3.05, 3.63) is 56.5 Å². The summed E-state index contributed by atoms with van der Waals surface area (Å²) in [4.78, 5) is 9.94. The van der Waals surface area contributed by atoms with Crippen molar-refractivity contribution in [2.45, 2.75) is 11.4 Å². The number of nitrogens with one attached hydrogen (secondary N) is 1. The summed E-state index contributed by atoms with van der Waals surface area (Å²) in [5.41, 5.74) is 0.977. The molecule has 0 aromatic heterocycles. The van der Waals surface area contributed by atoms with E-state index in [1.807, 2.05) is 12.1 Å². The van der Waals surface area contributed by atoms with Crippen LogP contribution in [0, 0.1) is 10.1 Å². The first kappa shape index (κ1) is 18.2. The van der Waals surface area contributed by atoms with Crippen molar-refractivity contribution in [3.63, 3.8) is 0 Å². The zero-order valence-electron chi connectivity index (χ0n) is 12.9. The van der Waals surface area contributed by atoms with Crippen molar-refractivity contribution in [3.8, 4) is 5.75 Å². The second-order valence-corrected chi connectivity index (χ2v) is 7.87. The number of rotatable bonds is 6. The highest BCUT2D eigenvalue weighted by Gasteiger charge is 2.22. The largest absolute Gasteiger partial charge is 0.496 e. The first-order valence-corrected chi connectivity index (χ1v) is 9.45. The fraction of sp³-hybridized carbons (Fsp3) is 0.200. The van der Waals surface area contributed by atoms with E-state index < -0.39 is 20.4 Å². The van der Waals surface area contributed by atoms with E-state index in [0.717, 1.165) is 16.3 Å². The third-order valence-corrected chi connectivity index (χ3v) is 5.01. The number of nitrogens with zero attached hydrogens (tertiary/aromatic N) is 1. The number of anilines is 1. The molecule has 0 radical (unpaired) electrons. The Morgan fingerprint density at radius 2 is 1.96 bits per heavy atom. The topological polar surface area (TPSA) is 98.5 Å². The Morgan fingerprint density at radius 1 is 1.25 bits per heavy atom. The Labute approximate surface area is 147 Å². The van der Waals surface area contributed by atoms with Crippen LogP contribution < -0.4 is 10.1 Å². The molecule has 0 amide bonds. The van der Waals surface area contributed by atoms with Gasteiger partial charge >= 0.3 is 0 Å². The normalized spacial score (nSPS) is 11.1. The second-order valence-electron chi connectivity index (χ2n) is 5.03. The van der Waals surface area contributed by atoms with Gasteiger partial charge in [-0.3, -0.25) is 10.1 Å². The van der Waals surface area contributed by atoms with Crippen molar-refractivity contribution in [1.82, 2.24) is 0 Å². The molecule has 2 rings (SSSR count). The molecule has 1 N–H and O–H groups in total. The Balaban J connectivity index is 2.25. The Hall–Kier alpha value is -2.13. The minimum absolute atomic E-state index is 0.312. The van der Waals surface area contributed by atoms with E-state index in [-0.39, 0.29) is 4.90 Å². The Morgan fingerprint density at radius 3 is 2.50 bits per heavy atom. The number of nitro benzene ring substituents is 1. The van der Waals surface area contributed by atoms with Crippen molar-refractivity contribution < 1.29 is 18.1 Å². The molecule has 0 fully saturated rings. The molecular weight excluding hydrogens is 400 g/mol. The fourth-order valence-corrected chi connectivity index (χ4v) is 3.55. The molecule has 128 valence electrons. The summed E-state index contributed by atoms with van der Waals surface area (Å²) < 4.78 is 29.4. The van der Waals surface area contributed by atoms with Gasteiger partial charge in [0, 0.05) is 24.6 Å². The lowest BCUT2D eigenvalue weighted by Gasteiger charge is -2.10. The molecule has 0 unspecified atom stereocenters. The third kappa shape index (κ3) is 4.24. The quantitative estimate of drug-likeness (QED) is 0.574. The lowest BCUT2D eigenvalue weighted by atomic mass is 10.2. The van der Waals surface area contributed by atoms with Crippen LogP contribution >= 0.6 is 15.9 Å². The van der Waals surface area contributed by atoms with E-state index in [1.54, 1.807) is 13.2 Å². The molecule has 0 heterocycles. The van der Waals surface area contributed by atoms with Gasteiger partial charge in [0.05, 0.1) is 16.5 Å². The predicted molar refractivity (Wildman–Crippen MR) is 94.2 cm³/mol. The van der Waals surface area contributed by atoms with E-state index in [0.29, 0.717) is 18.0 Å². The van der Waals surface area contributed by atoms with Gasteiger partial charge in [-0.05, 0) is 45.8 Å². The number of nitro groups is 1. The maximum Gasteiger partial charge on any atom is 0.288 e. The van der Waals surface area contributed by atoms with E-state index in [1.165, 1.54) is 18.2 Å².